The minimum atomic E-state index is -4.22. The van der Waals surface area contributed by atoms with Gasteiger partial charge in [-0.05, 0) is 60.4 Å². The van der Waals surface area contributed by atoms with Crippen LogP contribution in [0.5, 0.6) is 5.75 Å². The van der Waals surface area contributed by atoms with Gasteiger partial charge in [0.1, 0.15) is 4.90 Å². The van der Waals surface area contributed by atoms with Gasteiger partial charge in [0.2, 0.25) is 0 Å². The van der Waals surface area contributed by atoms with Gasteiger partial charge in [-0.25, -0.2) is 0 Å². The largest absolute Gasteiger partial charge is 0.383 e. The van der Waals surface area contributed by atoms with Crippen LogP contribution in [0.2, 0.25) is 10.0 Å². The standard InChI is InChI=1S/C33H37Cl2NO6S/c1-19-7-9-21(10-8-19)43(39,40)42-31-22(34)13-20(14-23(31)35)28-29-24(15-32(2,3)17-26(29)37)36(11-12-41-6)25-16-33(4,5)18-27(38)30(25)28/h7-10,13-14,28H,11-12,15-18H2,1-6H3. The summed E-state index contributed by atoms with van der Waals surface area (Å²) in [5, 5.41) is -0.0621. The highest BCUT2D eigenvalue weighted by atomic mass is 35.5. The van der Waals surface area contributed by atoms with Gasteiger partial charge in [-0.1, -0.05) is 68.6 Å². The summed E-state index contributed by atoms with van der Waals surface area (Å²) >= 11 is 13.4. The Morgan fingerprint density at radius 1 is 0.860 bits per heavy atom. The lowest BCUT2D eigenvalue weighted by Gasteiger charge is -2.49. The van der Waals surface area contributed by atoms with E-state index in [4.69, 9.17) is 32.1 Å². The van der Waals surface area contributed by atoms with E-state index in [0.29, 0.717) is 55.5 Å². The number of carbonyl (C=O) groups excluding carboxylic acids is 2. The van der Waals surface area contributed by atoms with Crippen molar-refractivity contribution in [3.8, 4) is 5.75 Å². The number of hydrogen-bond donors (Lipinski definition) is 0. The fraction of sp³-hybridized carbons (Fsp3) is 0.455. The third-order valence-electron chi connectivity index (χ3n) is 8.40. The van der Waals surface area contributed by atoms with Crippen LogP contribution in [0.1, 0.15) is 70.4 Å². The van der Waals surface area contributed by atoms with E-state index in [1.807, 2.05) is 6.92 Å². The highest BCUT2D eigenvalue weighted by Gasteiger charge is 2.49. The molecule has 10 heteroatoms. The van der Waals surface area contributed by atoms with Gasteiger partial charge in [-0.3, -0.25) is 9.59 Å². The first kappa shape index (κ1) is 31.8. The quantitative estimate of drug-likeness (QED) is 0.290. The first-order valence-corrected chi connectivity index (χ1v) is 16.5. The van der Waals surface area contributed by atoms with Crippen LogP contribution in [0.15, 0.2) is 63.8 Å². The van der Waals surface area contributed by atoms with Crippen LogP contribution in [-0.4, -0.2) is 45.1 Å². The maximum atomic E-state index is 13.9. The molecule has 0 saturated heterocycles. The number of nitrogens with zero attached hydrogens (tertiary/aromatic N) is 1. The maximum absolute atomic E-state index is 13.9. The van der Waals surface area contributed by atoms with E-state index in [9.17, 15) is 18.0 Å². The summed E-state index contributed by atoms with van der Waals surface area (Å²) in [5.74, 6) is -0.954. The molecule has 0 fully saturated rings. The van der Waals surface area contributed by atoms with Crippen molar-refractivity contribution in [3.63, 3.8) is 0 Å². The molecule has 0 amide bonds. The molecule has 230 valence electrons. The minimum Gasteiger partial charge on any atom is -0.383 e. The molecule has 0 aromatic heterocycles. The Labute approximate surface area is 264 Å². The second kappa shape index (κ2) is 11.4. The van der Waals surface area contributed by atoms with E-state index in [-0.39, 0.29) is 43.1 Å². The summed E-state index contributed by atoms with van der Waals surface area (Å²) < 4.78 is 37.0. The molecule has 0 bridgehead atoms. The first-order valence-electron chi connectivity index (χ1n) is 14.3. The lowest BCUT2D eigenvalue weighted by atomic mass is 9.63. The topological polar surface area (TPSA) is 90.0 Å². The van der Waals surface area contributed by atoms with Crippen LogP contribution in [-0.2, 0) is 24.4 Å². The van der Waals surface area contributed by atoms with Gasteiger partial charge >= 0.3 is 10.1 Å². The summed E-state index contributed by atoms with van der Waals surface area (Å²) in [4.78, 5) is 30.0. The zero-order valence-corrected chi connectivity index (χ0v) is 27.7. The number of ether oxygens (including phenoxy) is 1. The maximum Gasteiger partial charge on any atom is 0.339 e. The van der Waals surface area contributed by atoms with E-state index in [2.05, 4.69) is 32.6 Å². The molecular weight excluding hydrogens is 609 g/mol. The summed E-state index contributed by atoms with van der Waals surface area (Å²) in [6, 6.07) is 9.38. The highest BCUT2D eigenvalue weighted by Crippen LogP contribution is 2.55. The van der Waals surface area contributed by atoms with Crippen LogP contribution < -0.4 is 4.18 Å². The number of carbonyl (C=O) groups is 2. The molecule has 0 atom stereocenters. The zero-order chi connectivity index (χ0) is 31.5. The van der Waals surface area contributed by atoms with Crippen molar-refractivity contribution in [2.24, 2.45) is 10.8 Å². The Kier molecular flexibility index (Phi) is 8.40. The fourth-order valence-electron chi connectivity index (χ4n) is 6.52. The highest BCUT2D eigenvalue weighted by molar-refractivity contribution is 7.87. The van der Waals surface area contributed by atoms with Gasteiger partial charge in [-0.15, -0.1) is 0 Å². The molecule has 0 unspecified atom stereocenters. The zero-order valence-electron chi connectivity index (χ0n) is 25.3. The monoisotopic (exact) mass is 645 g/mol. The van der Waals surface area contributed by atoms with Gasteiger partial charge in [0, 0.05) is 55.0 Å². The van der Waals surface area contributed by atoms with E-state index in [1.165, 1.54) is 12.1 Å². The Morgan fingerprint density at radius 3 is 1.81 bits per heavy atom. The molecule has 1 heterocycles. The predicted octanol–water partition coefficient (Wildman–Crippen LogP) is 7.40. The second-order valence-corrected chi connectivity index (χ2v) is 15.7. The number of benzene rings is 2. The third kappa shape index (κ3) is 6.17. The molecule has 2 aromatic carbocycles. The Bertz CT molecular complexity index is 1590. The van der Waals surface area contributed by atoms with Crippen molar-refractivity contribution in [2.45, 2.75) is 71.1 Å². The fourth-order valence-corrected chi connectivity index (χ4v) is 8.16. The van der Waals surface area contributed by atoms with Crippen LogP contribution in [0.4, 0.5) is 0 Å². The SMILES string of the molecule is COCCN1C2=C(C(=O)CC(C)(C)C2)C(c2cc(Cl)c(OS(=O)(=O)c3ccc(C)cc3)c(Cl)c2)C2=C1CC(C)(C)CC2=O. The van der Waals surface area contributed by atoms with Crippen LogP contribution >= 0.6 is 23.2 Å². The van der Waals surface area contributed by atoms with E-state index in [0.717, 1.165) is 17.0 Å². The first-order chi connectivity index (χ1) is 20.0. The molecule has 2 aliphatic carbocycles. The molecule has 0 spiro atoms. The normalized spacial score (nSPS) is 20.3. The molecular formula is C33H37Cl2NO6S. The van der Waals surface area contributed by atoms with Crippen molar-refractivity contribution in [3.05, 3.63) is 80.1 Å². The molecule has 2 aromatic rings. The number of allylic oxidation sites excluding steroid dienone is 4. The number of hydrogen-bond acceptors (Lipinski definition) is 7. The third-order valence-corrected chi connectivity index (χ3v) is 10.2. The smallest absolute Gasteiger partial charge is 0.339 e. The molecule has 7 nitrogen and oxygen atoms in total. The van der Waals surface area contributed by atoms with Crippen molar-refractivity contribution >= 4 is 44.9 Å². The van der Waals surface area contributed by atoms with Crippen molar-refractivity contribution in [1.29, 1.82) is 0 Å². The number of rotatable bonds is 7. The average molecular weight is 647 g/mol. The molecule has 1 aliphatic heterocycles. The Balaban J connectivity index is 1.66. The molecule has 0 saturated carbocycles. The van der Waals surface area contributed by atoms with Gasteiger partial charge in [0.25, 0.3) is 0 Å². The van der Waals surface area contributed by atoms with Crippen molar-refractivity contribution in [2.75, 3.05) is 20.3 Å². The number of ketones is 2. The minimum absolute atomic E-state index is 0.0302. The predicted molar refractivity (Wildman–Crippen MR) is 167 cm³/mol. The molecule has 5 rings (SSSR count). The number of aryl methyl sites for hydroxylation is 1. The second-order valence-electron chi connectivity index (χ2n) is 13.3. The van der Waals surface area contributed by atoms with Crippen molar-refractivity contribution < 1.29 is 26.9 Å². The summed E-state index contributed by atoms with van der Waals surface area (Å²) in [7, 11) is -2.59. The summed E-state index contributed by atoms with van der Waals surface area (Å²) in [6.07, 6.45) is 1.97. The molecule has 0 radical (unpaired) electrons. The van der Waals surface area contributed by atoms with Gasteiger partial charge in [-0.2, -0.15) is 8.42 Å². The number of Topliss-reactive ketones (excluding diaryl/α,β-unsaturated/α-hetero) is 2. The van der Waals surface area contributed by atoms with E-state index < -0.39 is 16.0 Å². The lowest BCUT2D eigenvalue weighted by Crippen LogP contribution is -2.45. The van der Waals surface area contributed by atoms with Crippen molar-refractivity contribution in [1.82, 2.24) is 4.90 Å². The Morgan fingerprint density at radius 2 is 1.35 bits per heavy atom. The summed E-state index contributed by atoms with van der Waals surface area (Å²) in [5.41, 5.74) is 3.82. The van der Waals surface area contributed by atoms with E-state index in [1.54, 1.807) is 31.4 Å². The van der Waals surface area contributed by atoms with E-state index >= 15 is 0 Å². The summed E-state index contributed by atoms with van der Waals surface area (Å²) in [6.45, 7) is 11.1. The van der Waals surface area contributed by atoms with Crippen LogP contribution in [0.3, 0.4) is 0 Å². The molecule has 0 N–H and O–H groups in total. The number of methoxy groups -OCH3 is 1. The molecule has 3 aliphatic rings. The van der Waals surface area contributed by atoms with Crippen LogP contribution in [0.25, 0.3) is 0 Å². The number of halogens is 2. The Hall–Kier alpha value is -2.65. The van der Waals surface area contributed by atoms with Gasteiger partial charge in [0.15, 0.2) is 17.3 Å². The average Bonchev–Trinajstić information content (AvgIpc) is 2.88. The lowest BCUT2D eigenvalue weighted by molar-refractivity contribution is -0.119. The van der Waals surface area contributed by atoms with Gasteiger partial charge < -0.3 is 13.8 Å². The van der Waals surface area contributed by atoms with Gasteiger partial charge in [0.05, 0.1) is 16.7 Å². The van der Waals surface area contributed by atoms with Crippen LogP contribution in [0, 0.1) is 17.8 Å². The molecule has 43 heavy (non-hydrogen) atoms.